The van der Waals surface area contributed by atoms with E-state index in [1.807, 2.05) is 19.9 Å². The van der Waals surface area contributed by atoms with Crippen LogP contribution in [0.2, 0.25) is 8.67 Å². The van der Waals surface area contributed by atoms with Gasteiger partial charge in [0.15, 0.2) is 5.13 Å². The number of rotatable bonds is 2. The Morgan fingerprint density at radius 1 is 1.19 bits per heavy atom. The second-order valence-electron chi connectivity index (χ2n) is 4.64. The van der Waals surface area contributed by atoms with Crippen molar-refractivity contribution in [1.82, 2.24) is 4.98 Å². The molecule has 1 aromatic carbocycles. The molecule has 0 atom stereocenters. The summed E-state index contributed by atoms with van der Waals surface area (Å²) in [7, 11) is 0. The third-order valence-corrected chi connectivity index (χ3v) is 5.55. The average molecular weight is 357 g/mol. The number of carbonyl (C=O) groups excluding carboxylic acids is 1. The van der Waals surface area contributed by atoms with Gasteiger partial charge in [-0.3, -0.25) is 10.1 Å². The van der Waals surface area contributed by atoms with Gasteiger partial charge in [0.25, 0.3) is 5.91 Å². The van der Waals surface area contributed by atoms with Gasteiger partial charge in [0.2, 0.25) is 0 Å². The van der Waals surface area contributed by atoms with E-state index in [0.29, 0.717) is 19.4 Å². The first kappa shape index (κ1) is 14.8. The van der Waals surface area contributed by atoms with Gasteiger partial charge < -0.3 is 0 Å². The van der Waals surface area contributed by atoms with Gasteiger partial charge in [-0.25, -0.2) is 4.98 Å². The lowest BCUT2D eigenvalue weighted by molar-refractivity contribution is 0.102. The van der Waals surface area contributed by atoms with Crippen LogP contribution in [-0.4, -0.2) is 10.9 Å². The van der Waals surface area contributed by atoms with Gasteiger partial charge in [0, 0.05) is 0 Å². The molecule has 0 bridgehead atoms. The number of anilines is 1. The van der Waals surface area contributed by atoms with Crippen LogP contribution in [0.3, 0.4) is 0 Å². The topological polar surface area (TPSA) is 42.0 Å². The highest BCUT2D eigenvalue weighted by atomic mass is 35.5. The van der Waals surface area contributed by atoms with E-state index in [1.165, 1.54) is 22.7 Å². The van der Waals surface area contributed by atoms with E-state index >= 15 is 0 Å². The van der Waals surface area contributed by atoms with Gasteiger partial charge in [-0.1, -0.05) is 40.6 Å². The summed E-state index contributed by atoms with van der Waals surface area (Å²) < 4.78 is 1.94. The Hall–Kier alpha value is -1.14. The van der Waals surface area contributed by atoms with Gasteiger partial charge in [-0.2, -0.15) is 0 Å². The number of fused-ring (bicyclic) bond motifs is 1. The maximum absolute atomic E-state index is 12.2. The molecule has 2 heterocycles. The van der Waals surface area contributed by atoms with E-state index < -0.39 is 0 Å². The smallest absolute Gasteiger partial charge is 0.259 e. The Bertz CT molecular complexity index is 854. The fourth-order valence-electron chi connectivity index (χ4n) is 2.09. The molecule has 3 rings (SSSR count). The highest BCUT2D eigenvalue weighted by Gasteiger charge is 2.16. The Labute approximate surface area is 139 Å². The van der Waals surface area contributed by atoms with Crippen LogP contribution in [0.25, 0.3) is 10.2 Å². The Morgan fingerprint density at radius 3 is 2.62 bits per heavy atom. The zero-order valence-corrected chi connectivity index (χ0v) is 14.3. The van der Waals surface area contributed by atoms with E-state index in [0.717, 1.165) is 21.3 Å². The second-order valence-corrected chi connectivity index (χ2v) is 7.93. The van der Waals surface area contributed by atoms with E-state index in [9.17, 15) is 4.79 Å². The largest absolute Gasteiger partial charge is 0.298 e. The lowest BCUT2D eigenvalue weighted by Crippen LogP contribution is -2.10. The first-order valence-electron chi connectivity index (χ1n) is 6.08. The summed E-state index contributed by atoms with van der Waals surface area (Å²) in [5, 5.41) is 3.34. The molecule has 0 radical (unpaired) electrons. The summed E-state index contributed by atoms with van der Waals surface area (Å²) in [6, 6.07) is 5.66. The number of thiazole rings is 1. The number of amides is 1. The quantitative estimate of drug-likeness (QED) is 0.655. The lowest BCUT2D eigenvalue weighted by Gasteiger charge is -1.98. The summed E-state index contributed by atoms with van der Waals surface area (Å²) in [4.78, 5) is 16.6. The number of hydrogen-bond acceptors (Lipinski definition) is 4. The number of halogens is 2. The van der Waals surface area contributed by atoms with Gasteiger partial charge in [-0.15, -0.1) is 11.3 Å². The van der Waals surface area contributed by atoms with Crippen LogP contribution in [0.4, 0.5) is 5.13 Å². The van der Waals surface area contributed by atoms with Crippen LogP contribution in [0, 0.1) is 13.8 Å². The predicted octanol–water partition coefficient (Wildman–Crippen LogP) is 5.53. The van der Waals surface area contributed by atoms with Gasteiger partial charge in [0.1, 0.15) is 4.34 Å². The summed E-state index contributed by atoms with van der Waals surface area (Å²) in [6.45, 7) is 4.06. The monoisotopic (exact) mass is 356 g/mol. The average Bonchev–Trinajstić information content (AvgIpc) is 2.92. The van der Waals surface area contributed by atoms with Gasteiger partial charge in [-0.05, 0) is 37.1 Å². The Balaban J connectivity index is 1.93. The number of aromatic nitrogens is 1. The number of nitrogens with zero attached hydrogens (tertiary/aromatic N) is 1. The normalized spacial score (nSPS) is 11.0. The molecule has 3 nitrogen and oxygen atoms in total. The fourth-order valence-corrected chi connectivity index (χ4v) is 4.46. The molecule has 0 aliphatic heterocycles. The van der Waals surface area contributed by atoms with Gasteiger partial charge >= 0.3 is 0 Å². The van der Waals surface area contributed by atoms with Crippen LogP contribution in [0.5, 0.6) is 0 Å². The van der Waals surface area contributed by atoms with Crippen molar-refractivity contribution in [3.63, 3.8) is 0 Å². The highest BCUT2D eigenvalue weighted by molar-refractivity contribution is 7.22. The fraction of sp³-hybridized carbons (Fsp3) is 0.143. The molecule has 108 valence electrons. The zero-order chi connectivity index (χ0) is 15.1. The molecular formula is C14H10Cl2N2OS2. The molecule has 21 heavy (non-hydrogen) atoms. The number of benzene rings is 1. The predicted molar refractivity (Wildman–Crippen MR) is 91.4 cm³/mol. The third-order valence-electron chi connectivity index (χ3n) is 2.94. The van der Waals surface area contributed by atoms with Crippen molar-refractivity contribution in [3.05, 3.63) is 43.6 Å². The minimum atomic E-state index is -0.295. The van der Waals surface area contributed by atoms with Crippen LogP contribution in [0.15, 0.2) is 18.2 Å². The number of nitrogens with one attached hydrogen (secondary N) is 1. The van der Waals surface area contributed by atoms with E-state index in [1.54, 1.807) is 6.07 Å². The number of hydrogen-bond donors (Lipinski definition) is 1. The van der Waals surface area contributed by atoms with Crippen molar-refractivity contribution in [2.24, 2.45) is 0 Å². The van der Waals surface area contributed by atoms with Crippen LogP contribution >= 0.6 is 45.9 Å². The molecule has 0 fully saturated rings. The summed E-state index contributed by atoms with van der Waals surface area (Å²) in [5.74, 6) is -0.295. The van der Waals surface area contributed by atoms with E-state index in [-0.39, 0.29) is 5.91 Å². The number of carbonyl (C=O) groups is 1. The Morgan fingerprint density at radius 2 is 1.95 bits per heavy atom. The molecule has 0 aliphatic carbocycles. The molecule has 3 aromatic rings. The molecule has 7 heteroatoms. The molecule has 1 N–H and O–H groups in total. The first-order valence-corrected chi connectivity index (χ1v) is 8.47. The van der Waals surface area contributed by atoms with Gasteiger partial charge in [0.05, 0.1) is 20.1 Å². The minimum Gasteiger partial charge on any atom is -0.298 e. The van der Waals surface area contributed by atoms with Crippen molar-refractivity contribution in [1.29, 1.82) is 0 Å². The molecule has 0 aliphatic rings. The van der Waals surface area contributed by atoms with E-state index in [2.05, 4.69) is 16.4 Å². The van der Waals surface area contributed by atoms with Crippen molar-refractivity contribution < 1.29 is 4.79 Å². The summed E-state index contributed by atoms with van der Waals surface area (Å²) in [6.07, 6.45) is 0. The molecule has 1 amide bonds. The minimum absolute atomic E-state index is 0.295. The van der Waals surface area contributed by atoms with Crippen LogP contribution in [-0.2, 0) is 0 Å². The lowest BCUT2D eigenvalue weighted by atomic mass is 10.1. The Kier molecular flexibility index (Phi) is 3.92. The van der Waals surface area contributed by atoms with E-state index in [4.69, 9.17) is 23.2 Å². The molecule has 2 aromatic heterocycles. The summed E-state index contributed by atoms with van der Waals surface area (Å²) in [5.41, 5.74) is 3.57. The van der Waals surface area contributed by atoms with Crippen molar-refractivity contribution >= 4 is 67.1 Å². The number of aryl methyl sites for hydroxylation is 2. The highest BCUT2D eigenvalue weighted by Crippen LogP contribution is 2.33. The maximum atomic E-state index is 12.2. The van der Waals surface area contributed by atoms with Crippen molar-refractivity contribution in [2.75, 3.05) is 5.32 Å². The SMILES string of the molecule is Cc1cc(C)c2sc(NC(=O)c3cc(Cl)sc3Cl)nc2c1. The summed E-state index contributed by atoms with van der Waals surface area (Å²) >= 11 is 14.5. The van der Waals surface area contributed by atoms with Crippen molar-refractivity contribution in [2.45, 2.75) is 13.8 Å². The third kappa shape index (κ3) is 2.92. The first-order chi connectivity index (χ1) is 9.94. The maximum Gasteiger partial charge on any atom is 0.259 e. The molecular weight excluding hydrogens is 347 g/mol. The standard InChI is InChI=1S/C14H10Cl2N2OS2/c1-6-3-7(2)11-9(4-6)17-14(21-11)18-13(19)8-5-10(15)20-12(8)16/h3-5H,1-2H3,(H,17,18,19). The van der Waals surface area contributed by atoms with Crippen LogP contribution < -0.4 is 5.32 Å². The van der Waals surface area contributed by atoms with Crippen LogP contribution in [0.1, 0.15) is 21.5 Å². The number of thiophene rings is 1. The van der Waals surface area contributed by atoms with Crippen molar-refractivity contribution in [3.8, 4) is 0 Å². The second kappa shape index (κ2) is 5.57. The molecule has 0 spiro atoms. The molecule has 0 unspecified atom stereocenters. The molecule has 0 saturated heterocycles. The zero-order valence-electron chi connectivity index (χ0n) is 11.2. The molecule has 0 saturated carbocycles.